The van der Waals surface area contributed by atoms with Gasteiger partial charge in [-0.05, 0) is 43.5 Å². The van der Waals surface area contributed by atoms with Crippen molar-refractivity contribution >= 4 is 17.4 Å². The molecule has 2 fully saturated rings. The van der Waals surface area contributed by atoms with Crippen LogP contribution in [0.3, 0.4) is 0 Å². The number of alkyl halides is 3. The van der Waals surface area contributed by atoms with Gasteiger partial charge in [-0.2, -0.15) is 18.3 Å². The van der Waals surface area contributed by atoms with E-state index in [1.807, 2.05) is 0 Å². The standard InChI is InChI=1S/C23H29F3N6O/c1-16-14-29(11-12-31(16)17(2)32-10-7-20(28-32)22(27)33)15-18-5-6-19(23(24,25)26)13-21(18)30-8-3-4-9-30/h5-7,10,13,16H,2-4,8-9,11-12,14-15H2,1H3,(H2,27,33). The maximum Gasteiger partial charge on any atom is 0.416 e. The van der Waals surface area contributed by atoms with Crippen LogP contribution in [0, 0.1) is 0 Å². The summed E-state index contributed by atoms with van der Waals surface area (Å²) >= 11 is 0. The Hall–Kier alpha value is -3.01. The van der Waals surface area contributed by atoms with Crippen LogP contribution >= 0.6 is 0 Å². The Morgan fingerprint density at radius 3 is 2.52 bits per heavy atom. The van der Waals surface area contributed by atoms with Crippen LogP contribution in [0.4, 0.5) is 18.9 Å². The summed E-state index contributed by atoms with van der Waals surface area (Å²) in [5.74, 6) is 0.0618. The zero-order chi connectivity index (χ0) is 23.8. The molecule has 3 heterocycles. The monoisotopic (exact) mass is 462 g/mol. The van der Waals surface area contributed by atoms with Crippen LogP contribution in [0.25, 0.3) is 5.82 Å². The molecule has 33 heavy (non-hydrogen) atoms. The van der Waals surface area contributed by atoms with Crippen molar-refractivity contribution < 1.29 is 18.0 Å². The molecular weight excluding hydrogens is 433 g/mol. The molecule has 2 aliphatic rings. The molecular formula is C23H29F3N6O. The number of nitrogens with zero attached hydrogens (tertiary/aromatic N) is 5. The minimum Gasteiger partial charge on any atom is -0.371 e. The van der Waals surface area contributed by atoms with E-state index in [4.69, 9.17) is 5.73 Å². The number of piperazine rings is 1. The topological polar surface area (TPSA) is 70.6 Å². The molecule has 1 amide bonds. The smallest absolute Gasteiger partial charge is 0.371 e. The first-order valence-corrected chi connectivity index (χ1v) is 11.1. The van der Waals surface area contributed by atoms with Gasteiger partial charge in [0.25, 0.3) is 5.91 Å². The highest BCUT2D eigenvalue weighted by atomic mass is 19.4. The second-order valence-electron chi connectivity index (χ2n) is 8.74. The fraction of sp³-hybridized carbons (Fsp3) is 0.478. The van der Waals surface area contributed by atoms with Crippen LogP contribution in [0.1, 0.15) is 41.4 Å². The minimum atomic E-state index is -4.35. The Kier molecular flexibility index (Phi) is 6.38. The number of hydrogen-bond acceptors (Lipinski definition) is 5. The number of aromatic nitrogens is 2. The van der Waals surface area contributed by atoms with Crippen molar-refractivity contribution in [3.8, 4) is 0 Å². The van der Waals surface area contributed by atoms with Gasteiger partial charge in [0.1, 0.15) is 11.5 Å². The number of halogens is 3. The molecule has 0 aliphatic carbocycles. The lowest BCUT2D eigenvalue weighted by atomic mass is 10.1. The molecule has 1 aromatic heterocycles. The third kappa shape index (κ3) is 5.00. The van der Waals surface area contributed by atoms with Crippen molar-refractivity contribution in [3.63, 3.8) is 0 Å². The predicted octanol–water partition coefficient (Wildman–Crippen LogP) is 3.24. The van der Waals surface area contributed by atoms with E-state index >= 15 is 0 Å². The zero-order valence-corrected chi connectivity index (χ0v) is 18.7. The van der Waals surface area contributed by atoms with Gasteiger partial charge in [0.15, 0.2) is 0 Å². The van der Waals surface area contributed by atoms with E-state index in [1.54, 1.807) is 23.0 Å². The lowest BCUT2D eigenvalue weighted by Gasteiger charge is -2.42. The van der Waals surface area contributed by atoms with Gasteiger partial charge in [0, 0.05) is 57.2 Å². The molecule has 10 heteroatoms. The van der Waals surface area contributed by atoms with Gasteiger partial charge in [0.2, 0.25) is 0 Å². The van der Waals surface area contributed by atoms with Crippen LogP contribution < -0.4 is 10.6 Å². The number of rotatable bonds is 6. The van der Waals surface area contributed by atoms with Crippen LogP contribution in [0.5, 0.6) is 0 Å². The summed E-state index contributed by atoms with van der Waals surface area (Å²) in [7, 11) is 0. The normalized spacial score (nSPS) is 19.8. The summed E-state index contributed by atoms with van der Waals surface area (Å²) < 4.78 is 41.5. The number of nitrogens with two attached hydrogens (primary N) is 1. The zero-order valence-electron chi connectivity index (χ0n) is 18.7. The SMILES string of the molecule is C=C(N1CCN(Cc2ccc(C(F)(F)F)cc2N2CCCC2)CC1C)n1ccc(C(N)=O)n1. The first-order chi connectivity index (χ1) is 15.6. The van der Waals surface area contributed by atoms with E-state index in [0.717, 1.165) is 44.6 Å². The lowest BCUT2D eigenvalue weighted by molar-refractivity contribution is -0.137. The van der Waals surface area contributed by atoms with Crippen molar-refractivity contribution in [2.45, 2.75) is 38.5 Å². The van der Waals surface area contributed by atoms with E-state index in [2.05, 4.69) is 33.3 Å². The van der Waals surface area contributed by atoms with E-state index < -0.39 is 17.6 Å². The van der Waals surface area contributed by atoms with E-state index in [9.17, 15) is 18.0 Å². The van der Waals surface area contributed by atoms with Gasteiger partial charge in [-0.3, -0.25) is 9.69 Å². The number of amides is 1. The Bertz CT molecular complexity index is 1030. The third-order valence-corrected chi connectivity index (χ3v) is 6.40. The quantitative estimate of drug-likeness (QED) is 0.714. The van der Waals surface area contributed by atoms with Gasteiger partial charge in [0.05, 0.1) is 5.56 Å². The molecule has 0 spiro atoms. The molecule has 1 unspecified atom stereocenters. The second-order valence-corrected chi connectivity index (χ2v) is 8.74. The highest BCUT2D eigenvalue weighted by Crippen LogP contribution is 2.35. The van der Waals surface area contributed by atoms with Gasteiger partial charge in [-0.25, -0.2) is 4.68 Å². The molecule has 2 aromatic rings. The third-order valence-electron chi connectivity index (χ3n) is 6.40. The van der Waals surface area contributed by atoms with Gasteiger partial charge in [-0.1, -0.05) is 12.6 Å². The first kappa shape index (κ1) is 23.2. The average Bonchev–Trinajstić information content (AvgIpc) is 3.45. The highest BCUT2D eigenvalue weighted by Gasteiger charge is 2.33. The molecule has 7 nitrogen and oxygen atoms in total. The molecule has 0 saturated carbocycles. The Morgan fingerprint density at radius 1 is 1.18 bits per heavy atom. The second kappa shape index (κ2) is 9.09. The maximum atomic E-state index is 13.3. The Labute approximate surface area is 191 Å². The van der Waals surface area contributed by atoms with Crippen molar-refractivity contribution in [2.24, 2.45) is 5.73 Å². The molecule has 0 radical (unpaired) electrons. The molecule has 0 bridgehead atoms. The van der Waals surface area contributed by atoms with Crippen LogP contribution in [0.15, 0.2) is 37.0 Å². The van der Waals surface area contributed by atoms with E-state index in [1.165, 1.54) is 12.1 Å². The van der Waals surface area contributed by atoms with E-state index in [0.29, 0.717) is 24.6 Å². The van der Waals surface area contributed by atoms with Gasteiger partial charge < -0.3 is 15.5 Å². The summed E-state index contributed by atoms with van der Waals surface area (Å²) in [6, 6.07) is 5.78. The Morgan fingerprint density at radius 2 is 1.91 bits per heavy atom. The van der Waals surface area contributed by atoms with Crippen molar-refractivity contribution in [1.29, 1.82) is 0 Å². The van der Waals surface area contributed by atoms with Crippen molar-refractivity contribution in [1.82, 2.24) is 19.6 Å². The van der Waals surface area contributed by atoms with Crippen molar-refractivity contribution in [2.75, 3.05) is 37.6 Å². The van der Waals surface area contributed by atoms with E-state index in [-0.39, 0.29) is 11.7 Å². The molecule has 2 saturated heterocycles. The summed E-state index contributed by atoms with van der Waals surface area (Å²) in [5, 5.41) is 4.18. The molecule has 178 valence electrons. The molecule has 2 aliphatic heterocycles. The van der Waals surface area contributed by atoms with Crippen LogP contribution in [-0.2, 0) is 12.7 Å². The van der Waals surface area contributed by atoms with Gasteiger partial charge >= 0.3 is 6.18 Å². The number of carbonyl (C=O) groups is 1. The Balaban J connectivity index is 1.46. The summed E-state index contributed by atoms with van der Waals surface area (Å²) in [5.41, 5.74) is 6.48. The number of anilines is 1. The minimum absolute atomic E-state index is 0.108. The predicted molar refractivity (Wildman–Crippen MR) is 120 cm³/mol. The molecule has 4 rings (SSSR count). The number of benzene rings is 1. The molecule has 1 atom stereocenters. The highest BCUT2D eigenvalue weighted by molar-refractivity contribution is 5.90. The summed E-state index contributed by atoms with van der Waals surface area (Å²) in [6.07, 6.45) is -0.697. The summed E-state index contributed by atoms with van der Waals surface area (Å²) in [4.78, 5) is 17.8. The summed E-state index contributed by atoms with van der Waals surface area (Å²) in [6.45, 7) is 10.5. The fourth-order valence-corrected chi connectivity index (χ4v) is 4.66. The molecule has 1 aromatic carbocycles. The number of primary amides is 1. The number of hydrogen-bond donors (Lipinski definition) is 1. The average molecular weight is 463 g/mol. The maximum absolute atomic E-state index is 13.3. The van der Waals surface area contributed by atoms with Crippen LogP contribution in [-0.4, -0.2) is 64.3 Å². The first-order valence-electron chi connectivity index (χ1n) is 11.1. The van der Waals surface area contributed by atoms with Gasteiger partial charge in [-0.15, -0.1) is 0 Å². The lowest BCUT2D eigenvalue weighted by Crippen LogP contribution is -2.51. The number of carbonyl (C=O) groups excluding carboxylic acids is 1. The molecule has 2 N–H and O–H groups in total. The fourth-order valence-electron chi connectivity index (χ4n) is 4.66. The van der Waals surface area contributed by atoms with Crippen molar-refractivity contribution in [3.05, 3.63) is 53.9 Å². The van der Waals surface area contributed by atoms with Crippen LogP contribution in [0.2, 0.25) is 0 Å². The largest absolute Gasteiger partial charge is 0.416 e.